The average Bonchev–Trinajstić information content (AvgIpc) is 2.94. The van der Waals surface area contributed by atoms with Crippen LogP contribution in [0.1, 0.15) is 30.3 Å². The van der Waals surface area contributed by atoms with Gasteiger partial charge in [0.1, 0.15) is 5.58 Å². The van der Waals surface area contributed by atoms with Crippen LogP contribution in [-0.2, 0) is 0 Å². The van der Waals surface area contributed by atoms with Gasteiger partial charge in [-0.05, 0) is 66.8 Å². The average molecular weight is 351 g/mol. The molecule has 2 heterocycles. The maximum absolute atomic E-state index is 12.3. The molecule has 2 N–H and O–H groups in total. The third kappa shape index (κ3) is 3.14. The molecule has 1 saturated heterocycles. The highest BCUT2D eigenvalue weighted by Crippen LogP contribution is 2.27. The first-order chi connectivity index (χ1) is 10.1. The Morgan fingerprint density at radius 3 is 3.10 bits per heavy atom. The fourth-order valence-corrected chi connectivity index (χ4v) is 3.30. The van der Waals surface area contributed by atoms with Crippen LogP contribution in [0.25, 0.3) is 11.0 Å². The van der Waals surface area contributed by atoms with E-state index in [9.17, 15) is 4.79 Å². The highest BCUT2D eigenvalue weighted by atomic mass is 79.9. The van der Waals surface area contributed by atoms with Crippen LogP contribution in [0.5, 0.6) is 0 Å². The Morgan fingerprint density at radius 1 is 1.52 bits per heavy atom. The van der Waals surface area contributed by atoms with E-state index in [2.05, 4.69) is 33.5 Å². The predicted octanol–water partition coefficient (Wildman–Crippen LogP) is 3.31. The van der Waals surface area contributed by atoms with Gasteiger partial charge in [0, 0.05) is 11.4 Å². The van der Waals surface area contributed by atoms with E-state index in [1.165, 1.54) is 6.42 Å². The van der Waals surface area contributed by atoms with Gasteiger partial charge >= 0.3 is 0 Å². The molecule has 1 aromatic carbocycles. The van der Waals surface area contributed by atoms with E-state index in [-0.39, 0.29) is 11.9 Å². The van der Waals surface area contributed by atoms with Crippen molar-refractivity contribution in [1.29, 1.82) is 0 Å². The van der Waals surface area contributed by atoms with Crippen molar-refractivity contribution in [3.8, 4) is 0 Å². The SMILES string of the molecule is CC(NC(=O)c1cc2cccc(Br)c2o1)C1CCCNC1. The molecule has 1 fully saturated rings. The van der Waals surface area contributed by atoms with Crippen LogP contribution in [0, 0.1) is 5.92 Å². The molecule has 0 aliphatic carbocycles. The number of rotatable bonds is 3. The van der Waals surface area contributed by atoms with E-state index in [4.69, 9.17) is 4.42 Å². The number of fused-ring (bicyclic) bond motifs is 1. The van der Waals surface area contributed by atoms with Crippen LogP contribution in [0.3, 0.4) is 0 Å². The zero-order chi connectivity index (χ0) is 14.8. The molecular formula is C16H19BrN2O2. The van der Waals surface area contributed by atoms with Crippen molar-refractivity contribution in [2.75, 3.05) is 13.1 Å². The second kappa shape index (κ2) is 6.20. The Morgan fingerprint density at radius 2 is 2.38 bits per heavy atom. The third-order valence-electron chi connectivity index (χ3n) is 4.12. The van der Waals surface area contributed by atoms with Gasteiger partial charge in [0.25, 0.3) is 5.91 Å². The summed E-state index contributed by atoms with van der Waals surface area (Å²) in [6, 6.07) is 7.71. The Kier molecular flexibility index (Phi) is 4.31. The molecular weight excluding hydrogens is 332 g/mol. The standard InChI is InChI=1S/C16H19BrN2O2/c1-10(12-5-3-7-18-9-12)19-16(20)14-8-11-4-2-6-13(17)15(11)21-14/h2,4,6,8,10,12,18H,3,5,7,9H2,1H3,(H,19,20). The van der Waals surface area contributed by atoms with Crippen molar-refractivity contribution in [1.82, 2.24) is 10.6 Å². The van der Waals surface area contributed by atoms with Gasteiger partial charge in [-0.2, -0.15) is 0 Å². The minimum Gasteiger partial charge on any atom is -0.450 e. The number of amides is 1. The highest BCUT2D eigenvalue weighted by molar-refractivity contribution is 9.10. The summed E-state index contributed by atoms with van der Waals surface area (Å²) in [5, 5.41) is 7.37. The molecule has 112 valence electrons. The van der Waals surface area contributed by atoms with Gasteiger partial charge in [-0.1, -0.05) is 12.1 Å². The molecule has 1 amide bonds. The number of piperidine rings is 1. The molecule has 2 aromatic rings. The summed E-state index contributed by atoms with van der Waals surface area (Å²) in [5.74, 6) is 0.711. The van der Waals surface area contributed by atoms with Crippen molar-refractivity contribution < 1.29 is 9.21 Å². The number of benzene rings is 1. The van der Waals surface area contributed by atoms with Gasteiger partial charge in [0.2, 0.25) is 0 Å². The van der Waals surface area contributed by atoms with E-state index in [0.717, 1.165) is 35.0 Å². The Bertz CT molecular complexity index is 647. The van der Waals surface area contributed by atoms with Crippen molar-refractivity contribution in [2.24, 2.45) is 5.92 Å². The van der Waals surface area contributed by atoms with Gasteiger partial charge < -0.3 is 15.1 Å². The zero-order valence-corrected chi connectivity index (χ0v) is 13.6. The molecule has 3 rings (SSSR count). The van der Waals surface area contributed by atoms with E-state index in [0.29, 0.717) is 11.7 Å². The van der Waals surface area contributed by atoms with Crippen molar-refractivity contribution >= 4 is 32.8 Å². The molecule has 1 aromatic heterocycles. The molecule has 0 bridgehead atoms. The molecule has 2 atom stereocenters. The van der Waals surface area contributed by atoms with Crippen LogP contribution >= 0.6 is 15.9 Å². The topological polar surface area (TPSA) is 54.3 Å². The molecule has 0 spiro atoms. The fourth-order valence-electron chi connectivity index (χ4n) is 2.84. The van der Waals surface area contributed by atoms with E-state index in [1.54, 1.807) is 6.07 Å². The number of furan rings is 1. The quantitative estimate of drug-likeness (QED) is 0.892. The number of hydrogen-bond donors (Lipinski definition) is 2. The third-order valence-corrected chi connectivity index (χ3v) is 4.75. The van der Waals surface area contributed by atoms with E-state index >= 15 is 0 Å². The van der Waals surface area contributed by atoms with Crippen LogP contribution in [0.4, 0.5) is 0 Å². The summed E-state index contributed by atoms with van der Waals surface area (Å²) in [4.78, 5) is 12.3. The van der Waals surface area contributed by atoms with Gasteiger partial charge in [0.05, 0.1) is 4.47 Å². The molecule has 0 saturated carbocycles. The smallest absolute Gasteiger partial charge is 0.287 e. The van der Waals surface area contributed by atoms with E-state index in [1.807, 2.05) is 18.2 Å². The van der Waals surface area contributed by atoms with Crippen LogP contribution in [-0.4, -0.2) is 25.0 Å². The first-order valence-electron chi connectivity index (χ1n) is 7.35. The second-order valence-electron chi connectivity index (χ2n) is 5.64. The summed E-state index contributed by atoms with van der Waals surface area (Å²) < 4.78 is 6.54. The molecule has 2 unspecified atom stereocenters. The molecule has 1 aliphatic rings. The number of halogens is 1. The van der Waals surface area contributed by atoms with Gasteiger partial charge in [-0.15, -0.1) is 0 Å². The van der Waals surface area contributed by atoms with Crippen LogP contribution < -0.4 is 10.6 Å². The number of nitrogens with one attached hydrogen (secondary N) is 2. The molecule has 1 aliphatic heterocycles. The molecule has 0 radical (unpaired) electrons. The van der Waals surface area contributed by atoms with Gasteiger partial charge in [-0.25, -0.2) is 0 Å². The lowest BCUT2D eigenvalue weighted by Gasteiger charge is -2.28. The Labute approximate surface area is 132 Å². The Balaban J connectivity index is 1.72. The minimum atomic E-state index is -0.142. The lowest BCUT2D eigenvalue weighted by molar-refractivity contribution is 0.0896. The lowest BCUT2D eigenvalue weighted by atomic mass is 9.93. The van der Waals surface area contributed by atoms with Gasteiger partial charge in [-0.3, -0.25) is 4.79 Å². The fraction of sp³-hybridized carbons (Fsp3) is 0.438. The van der Waals surface area contributed by atoms with Crippen LogP contribution in [0.15, 0.2) is 33.2 Å². The molecule has 4 nitrogen and oxygen atoms in total. The zero-order valence-electron chi connectivity index (χ0n) is 12.0. The maximum Gasteiger partial charge on any atom is 0.287 e. The largest absolute Gasteiger partial charge is 0.450 e. The summed E-state index contributed by atoms with van der Waals surface area (Å²) in [5.41, 5.74) is 0.717. The van der Waals surface area contributed by atoms with Crippen molar-refractivity contribution in [2.45, 2.75) is 25.8 Å². The minimum absolute atomic E-state index is 0.141. The monoisotopic (exact) mass is 350 g/mol. The van der Waals surface area contributed by atoms with Crippen molar-refractivity contribution in [3.05, 3.63) is 34.5 Å². The van der Waals surface area contributed by atoms with Crippen molar-refractivity contribution in [3.63, 3.8) is 0 Å². The summed E-state index contributed by atoms with van der Waals surface area (Å²) in [6.45, 7) is 4.11. The molecule has 21 heavy (non-hydrogen) atoms. The summed E-state index contributed by atoms with van der Waals surface area (Å²) in [7, 11) is 0. The lowest BCUT2D eigenvalue weighted by Crippen LogP contribution is -2.44. The number of para-hydroxylation sites is 1. The van der Waals surface area contributed by atoms with E-state index < -0.39 is 0 Å². The number of carbonyl (C=O) groups is 1. The number of carbonyl (C=O) groups excluding carboxylic acids is 1. The maximum atomic E-state index is 12.3. The molecule has 5 heteroatoms. The first kappa shape index (κ1) is 14.6. The Hall–Kier alpha value is -1.33. The second-order valence-corrected chi connectivity index (χ2v) is 6.49. The van der Waals surface area contributed by atoms with Gasteiger partial charge in [0.15, 0.2) is 5.76 Å². The summed E-state index contributed by atoms with van der Waals surface area (Å²) in [6.07, 6.45) is 2.32. The highest BCUT2D eigenvalue weighted by Gasteiger charge is 2.23. The first-order valence-corrected chi connectivity index (χ1v) is 8.14. The van der Waals surface area contributed by atoms with Crippen LogP contribution in [0.2, 0.25) is 0 Å². The number of hydrogen-bond acceptors (Lipinski definition) is 3. The predicted molar refractivity (Wildman–Crippen MR) is 86.4 cm³/mol. The summed E-state index contributed by atoms with van der Waals surface area (Å²) >= 11 is 3.44. The normalized spacial score (nSPS) is 20.4.